The Kier molecular flexibility index (Phi) is 4.61. The van der Waals surface area contributed by atoms with Crippen LogP contribution in [0.3, 0.4) is 0 Å². The van der Waals surface area contributed by atoms with Crippen LogP contribution in [0.15, 0.2) is 30.3 Å². The normalized spacial score (nSPS) is 19.8. The number of nitrogens with one attached hydrogen (secondary N) is 1. The van der Waals surface area contributed by atoms with E-state index in [9.17, 15) is 4.79 Å². The van der Waals surface area contributed by atoms with Crippen LogP contribution in [0.5, 0.6) is 5.75 Å². The number of likely N-dealkylation sites (tertiary alicyclic amines) is 1. The van der Waals surface area contributed by atoms with Gasteiger partial charge in [0.2, 0.25) is 0 Å². The summed E-state index contributed by atoms with van der Waals surface area (Å²) in [5.41, 5.74) is 0.989. The SMILES string of the molecule is CNc1cc(C)nc([C@@]2(C)CCCN2C(=O)c2cccc(OC)c2)n1. The fourth-order valence-electron chi connectivity index (χ4n) is 3.37. The summed E-state index contributed by atoms with van der Waals surface area (Å²) in [5, 5.41) is 3.07. The van der Waals surface area contributed by atoms with Gasteiger partial charge < -0.3 is 15.0 Å². The molecule has 1 N–H and O–H groups in total. The third-order valence-corrected chi connectivity index (χ3v) is 4.79. The van der Waals surface area contributed by atoms with Crippen LogP contribution in [-0.4, -0.2) is 41.5 Å². The number of hydrogen-bond acceptors (Lipinski definition) is 5. The molecule has 1 aliphatic heterocycles. The number of amides is 1. The lowest BCUT2D eigenvalue weighted by Gasteiger charge is -2.34. The largest absolute Gasteiger partial charge is 0.497 e. The smallest absolute Gasteiger partial charge is 0.254 e. The predicted molar refractivity (Wildman–Crippen MR) is 96.9 cm³/mol. The number of methoxy groups -OCH3 is 1. The van der Waals surface area contributed by atoms with Crippen molar-refractivity contribution in [2.45, 2.75) is 32.2 Å². The predicted octanol–water partition coefficient (Wildman–Crippen LogP) is 2.99. The zero-order valence-electron chi connectivity index (χ0n) is 15.2. The maximum Gasteiger partial charge on any atom is 0.254 e. The van der Waals surface area contributed by atoms with E-state index in [0.29, 0.717) is 23.7 Å². The maximum absolute atomic E-state index is 13.1. The number of nitrogens with zero attached hydrogens (tertiary/aromatic N) is 3. The van der Waals surface area contributed by atoms with Crippen molar-refractivity contribution >= 4 is 11.7 Å². The molecule has 1 fully saturated rings. The molecule has 0 spiro atoms. The number of rotatable bonds is 4. The lowest BCUT2D eigenvalue weighted by molar-refractivity contribution is 0.0603. The fourth-order valence-corrected chi connectivity index (χ4v) is 3.37. The molecule has 0 aliphatic carbocycles. The minimum Gasteiger partial charge on any atom is -0.497 e. The molecule has 2 aromatic rings. The van der Waals surface area contributed by atoms with Crippen LogP contribution in [-0.2, 0) is 5.54 Å². The molecule has 3 rings (SSSR count). The Hall–Kier alpha value is -2.63. The van der Waals surface area contributed by atoms with Crippen molar-refractivity contribution in [3.8, 4) is 5.75 Å². The van der Waals surface area contributed by atoms with Gasteiger partial charge in [0.1, 0.15) is 17.1 Å². The van der Waals surface area contributed by atoms with E-state index < -0.39 is 5.54 Å². The summed E-state index contributed by atoms with van der Waals surface area (Å²) in [6.45, 7) is 4.68. The van der Waals surface area contributed by atoms with Gasteiger partial charge in [-0.2, -0.15) is 0 Å². The van der Waals surface area contributed by atoms with Crippen molar-refractivity contribution in [3.63, 3.8) is 0 Å². The van der Waals surface area contributed by atoms with Gasteiger partial charge in [-0.3, -0.25) is 4.79 Å². The van der Waals surface area contributed by atoms with E-state index in [1.54, 1.807) is 13.2 Å². The van der Waals surface area contributed by atoms with Gasteiger partial charge in [-0.1, -0.05) is 6.07 Å². The van der Waals surface area contributed by atoms with E-state index in [2.05, 4.69) is 15.3 Å². The number of hydrogen-bond donors (Lipinski definition) is 1. The highest BCUT2D eigenvalue weighted by Crippen LogP contribution is 2.38. The second-order valence-electron chi connectivity index (χ2n) is 6.53. The molecule has 2 heterocycles. The minimum absolute atomic E-state index is 0.0185. The zero-order valence-corrected chi connectivity index (χ0v) is 15.2. The van der Waals surface area contributed by atoms with Crippen LogP contribution in [0, 0.1) is 6.92 Å². The van der Waals surface area contributed by atoms with E-state index in [1.165, 1.54) is 0 Å². The molecule has 1 aromatic heterocycles. The number of benzene rings is 1. The van der Waals surface area contributed by atoms with Gasteiger partial charge in [0, 0.05) is 30.9 Å². The molecule has 1 atom stereocenters. The van der Waals surface area contributed by atoms with E-state index in [0.717, 1.165) is 24.4 Å². The molecule has 0 saturated carbocycles. The van der Waals surface area contributed by atoms with Crippen molar-refractivity contribution in [1.82, 2.24) is 14.9 Å². The van der Waals surface area contributed by atoms with Gasteiger partial charge in [0.05, 0.1) is 7.11 Å². The summed E-state index contributed by atoms with van der Waals surface area (Å²) in [4.78, 5) is 24.3. The summed E-state index contributed by atoms with van der Waals surface area (Å²) in [5.74, 6) is 2.11. The highest BCUT2D eigenvalue weighted by atomic mass is 16.5. The Morgan fingerprint density at radius 3 is 2.84 bits per heavy atom. The van der Waals surface area contributed by atoms with Crippen LogP contribution in [0.1, 0.15) is 41.6 Å². The van der Waals surface area contributed by atoms with Gasteiger partial charge >= 0.3 is 0 Å². The van der Waals surface area contributed by atoms with E-state index >= 15 is 0 Å². The van der Waals surface area contributed by atoms with Crippen LogP contribution in [0.2, 0.25) is 0 Å². The van der Waals surface area contributed by atoms with Crippen LogP contribution in [0.25, 0.3) is 0 Å². The topological polar surface area (TPSA) is 67.4 Å². The Morgan fingerprint density at radius 1 is 1.32 bits per heavy atom. The first-order valence-electron chi connectivity index (χ1n) is 8.48. The van der Waals surface area contributed by atoms with Crippen molar-refractivity contribution in [3.05, 3.63) is 47.4 Å². The van der Waals surface area contributed by atoms with Crippen LogP contribution >= 0.6 is 0 Å². The van der Waals surface area contributed by atoms with Gasteiger partial charge in [-0.25, -0.2) is 9.97 Å². The summed E-state index contributed by atoms with van der Waals surface area (Å²) < 4.78 is 5.25. The standard InChI is InChI=1S/C19H24N4O2/c1-13-11-16(20-3)22-18(21-13)19(2)9-6-10-23(19)17(24)14-7-5-8-15(12-14)25-4/h5,7-8,11-12H,6,9-10H2,1-4H3,(H,20,21,22)/t19-/m1/s1. The van der Waals surface area contributed by atoms with Gasteiger partial charge in [-0.15, -0.1) is 0 Å². The van der Waals surface area contributed by atoms with Crippen molar-refractivity contribution in [1.29, 1.82) is 0 Å². The molecule has 6 heteroatoms. The molecule has 0 radical (unpaired) electrons. The van der Waals surface area contributed by atoms with Crippen LogP contribution in [0.4, 0.5) is 5.82 Å². The average Bonchev–Trinajstić information content (AvgIpc) is 3.03. The fraction of sp³-hybridized carbons (Fsp3) is 0.421. The number of anilines is 1. The molecule has 1 saturated heterocycles. The molecule has 1 amide bonds. The number of carbonyl (C=O) groups excluding carboxylic acids is 1. The Labute approximate surface area is 148 Å². The monoisotopic (exact) mass is 340 g/mol. The highest BCUT2D eigenvalue weighted by molar-refractivity contribution is 5.95. The maximum atomic E-state index is 13.1. The third kappa shape index (κ3) is 3.16. The molecular weight excluding hydrogens is 316 g/mol. The number of carbonyl (C=O) groups is 1. The average molecular weight is 340 g/mol. The van der Waals surface area contributed by atoms with E-state index in [1.807, 2.05) is 50.1 Å². The summed E-state index contributed by atoms with van der Waals surface area (Å²) in [6, 6.07) is 9.16. The first-order valence-corrected chi connectivity index (χ1v) is 8.48. The first-order chi connectivity index (χ1) is 12.0. The summed E-state index contributed by atoms with van der Waals surface area (Å²) in [7, 11) is 3.44. The van der Waals surface area contributed by atoms with Gasteiger partial charge in [0.15, 0.2) is 5.82 Å². The number of ether oxygens (including phenoxy) is 1. The molecule has 0 bridgehead atoms. The Morgan fingerprint density at radius 2 is 2.12 bits per heavy atom. The molecule has 1 aliphatic rings. The lowest BCUT2D eigenvalue weighted by atomic mass is 9.96. The summed E-state index contributed by atoms with van der Waals surface area (Å²) in [6.07, 6.45) is 1.77. The number of aryl methyl sites for hydroxylation is 1. The Balaban J connectivity index is 1.98. The lowest BCUT2D eigenvalue weighted by Crippen LogP contribution is -2.44. The highest BCUT2D eigenvalue weighted by Gasteiger charge is 2.43. The molecule has 1 aromatic carbocycles. The minimum atomic E-state index is -0.516. The van der Waals surface area contributed by atoms with Gasteiger partial charge in [-0.05, 0) is 44.9 Å². The second-order valence-corrected chi connectivity index (χ2v) is 6.53. The van der Waals surface area contributed by atoms with Crippen molar-refractivity contribution in [2.75, 3.05) is 26.0 Å². The van der Waals surface area contributed by atoms with Crippen molar-refractivity contribution in [2.24, 2.45) is 0 Å². The molecule has 132 valence electrons. The third-order valence-electron chi connectivity index (χ3n) is 4.79. The number of aromatic nitrogens is 2. The van der Waals surface area contributed by atoms with Crippen molar-refractivity contribution < 1.29 is 9.53 Å². The van der Waals surface area contributed by atoms with E-state index in [4.69, 9.17) is 4.74 Å². The molecule has 25 heavy (non-hydrogen) atoms. The second kappa shape index (κ2) is 6.70. The van der Waals surface area contributed by atoms with Crippen LogP contribution < -0.4 is 10.1 Å². The molecule has 0 unspecified atom stereocenters. The van der Waals surface area contributed by atoms with E-state index in [-0.39, 0.29) is 5.91 Å². The summed E-state index contributed by atoms with van der Waals surface area (Å²) >= 11 is 0. The Bertz CT molecular complexity index is 793. The quantitative estimate of drug-likeness (QED) is 0.927. The molecule has 6 nitrogen and oxygen atoms in total. The molecular formula is C19H24N4O2. The van der Waals surface area contributed by atoms with Gasteiger partial charge in [0.25, 0.3) is 5.91 Å². The zero-order chi connectivity index (χ0) is 18.0. The first kappa shape index (κ1) is 17.2.